The van der Waals surface area contributed by atoms with E-state index in [4.69, 9.17) is 4.74 Å². The van der Waals surface area contributed by atoms with E-state index in [1.165, 1.54) is 24.0 Å². The molecule has 1 aliphatic carbocycles. The molecule has 0 atom stereocenters. The summed E-state index contributed by atoms with van der Waals surface area (Å²) in [5.41, 5.74) is 3.57. The molecule has 1 aliphatic rings. The van der Waals surface area contributed by atoms with Gasteiger partial charge < -0.3 is 10.1 Å². The zero-order valence-corrected chi connectivity index (χ0v) is 14.4. The topological polar surface area (TPSA) is 38.3 Å². The fourth-order valence-electron chi connectivity index (χ4n) is 2.68. The largest absolute Gasteiger partial charge is 0.484 e. The van der Waals surface area contributed by atoms with Crippen LogP contribution in [-0.2, 0) is 17.6 Å². The maximum absolute atomic E-state index is 11.9. The van der Waals surface area contributed by atoms with Crippen molar-refractivity contribution in [2.45, 2.75) is 25.7 Å². The molecular weight excluding hydrogens is 389 g/mol. The number of fused-ring (bicyclic) bond motifs is 1. The number of amides is 1. The van der Waals surface area contributed by atoms with Crippen LogP contribution < -0.4 is 10.1 Å². The molecule has 0 fully saturated rings. The minimum Gasteiger partial charge on any atom is -0.484 e. The first-order valence-corrected chi connectivity index (χ1v) is 8.58. The minimum absolute atomic E-state index is 0.0325. The molecule has 114 valence electrons. The molecule has 3 rings (SSSR count). The van der Waals surface area contributed by atoms with Crippen molar-refractivity contribution in [3.05, 3.63) is 57.2 Å². The number of benzene rings is 2. The van der Waals surface area contributed by atoms with Crippen molar-refractivity contribution < 1.29 is 9.53 Å². The summed E-state index contributed by atoms with van der Waals surface area (Å²) in [6.07, 6.45) is 4.78. The van der Waals surface area contributed by atoms with Crippen LogP contribution in [-0.4, -0.2) is 12.5 Å². The van der Waals surface area contributed by atoms with E-state index in [1.54, 1.807) is 0 Å². The molecule has 0 spiro atoms. The maximum Gasteiger partial charge on any atom is 0.262 e. The van der Waals surface area contributed by atoms with E-state index in [0.29, 0.717) is 0 Å². The van der Waals surface area contributed by atoms with E-state index in [9.17, 15) is 4.79 Å². The van der Waals surface area contributed by atoms with Crippen molar-refractivity contribution in [3.63, 3.8) is 0 Å². The number of anilines is 1. The van der Waals surface area contributed by atoms with Crippen LogP contribution in [0, 0.1) is 3.57 Å². The van der Waals surface area contributed by atoms with Gasteiger partial charge in [-0.1, -0.05) is 6.07 Å². The molecule has 0 saturated heterocycles. The van der Waals surface area contributed by atoms with E-state index < -0.39 is 0 Å². The molecule has 0 aliphatic heterocycles. The van der Waals surface area contributed by atoms with Crippen molar-refractivity contribution >= 4 is 34.2 Å². The zero-order chi connectivity index (χ0) is 15.4. The Balaban J connectivity index is 1.55. The van der Waals surface area contributed by atoms with Gasteiger partial charge in [0.05, 0.1) is 0 Å². The van der Waals surface area contributed by atoms with Gasteiger partial charge in [-0.3, -0.25) is 4.79 Å². The van der Waals surface area contributed by atoms with E-state index >= 15 is 0 Å². The van der Waals surface area contributed by atoms with Crippen LogP contribution in [0.4, 0.5) is 5.69 Å². The van der Waals surface area contributed by atoms with Gasteiger partial charge in [0, 0.05) is 9.26 Å². The highest BCUT2D eigenvalue weighted by molar-refractivity contribution is 14.1. The van der Waals surface area contributed by atoms with Crippen LogP contribution in [0.15, 0.2) is 42.5 Å². The Bertz CT molecular complexity index is 667. The van der Waals surface area contributed by atoms with E-state index in [-0.39, 0.29) is 12.5 Å². The smallest absolute Gasteiger partial charge is 0.262 e. The number of rotatable bonds is 4. The van der Waals surface area contributed by atoms with Crippen molar-refractivity contribution in [1.29, 1.82) is 0 Å². The second-order valence-electron chi connectivity index (χ2n) is 5.48. The third-order valence-corrected chi connectivity index (χ3v) is 4.54. The van der Waals surface area contributed by atoms with Gasteiger partial charge >= 0.3 is 0 Å². The first-order valence-electron chi connectivity index (χ1n) is 7.51. The molecule has 1 N–H and O–H groups in total. The summed E-state index contributed by atoms with van der Waals surface area (Å²) in [5.74, 6) is 0.636. The molecule has 0 heterocycles. The standard InChI is InChI=1S/C18H18INO2/c19-15-6-8-16(9-7-15)20-18(21)12-22-17-10-5-13-3-1-2-4-14(13)11-17/h5-11H,1-4,12H2,(H,20,21). The van der Waals surface area contributed by atoms with Crippen LogP contribution in [0.2, 0.25) is 0 Å². The van der Waals surface area contributed by atoms with Crippen LogP contribution in [0.3, 0.4) is 0 Å². The van der Waals surface area contributed by atoms with Gasteiger partial charge in [0.15, 0.2) is 6.61 Å². The normalized spacial score (nSPS) is 13.3. The highest BCUT2D eigenvalue weighted by Gasteiger charge is 2.10. The fourth-order valence-corrected chi connectivity index (χ4v) is 3.04. The highest BCUT2D eigenvalue weighted by Crippen LogP contribution is 2.25. The number of hydrogen-bond donors (Lipinski definition) is 1. The summed E-state index contributed by atoms with van der Waals surface area (Å²) >= 11 is 2.23. The minimum atomic E-state index is -0.140. The lowest BCUT2D eigenvalue weighted by atomic mass is 9.92. The Morgan fingerprint density at radius 1 is 1.05 bits per heavy atom. The van der Waals surface area contributed by atoms with Gasteiger partial charge in [-0.25, -0.2) is 0 Å². The van der Waals surface area contributed by atoms with E-state index in [0.717, 1.165) is 27.8 Å². The fraction of sp³-hybridized carbons (Fsp3) is 0.278. The molecule has 3 nitrogen and oxygen atoms in total. The Morgan fingerprint density at radius 3 is 2.55 bits per heavy atom. The number of nitrogens with one attached hydrogen (secondary N) is 1. The van der Waals surface area contributed by atoms with Gasteiger partial charge in [0.2, 0.25) is 0 Å². The quantitative estimate of drug-likeness (QED) is 0.773. The third-order valence-electron chi connectivity index (χ3n) is 3.82. The van der Waals surface area contributed by atoms with Gasteiger partial charge in [-0.15, -0.1) is 0 Å². The summed E-state index contributed by atoms with van der Waals surface area (Å²) in [6.45, 7) is 0.0325. The second kappa shape index (κ2) is 7.13. The lowest BCUT2D eigenvalue weighted by molar-refractivity contribution is -0.118. The maximum atomic E-state index is 11.9. The predicted octanol–water partition coefficient (Wildman–Crippen LogP) is 4.19. The number of hydrogen-bond acceptors (Lipinski definition) is 2. The van der Waals surface area contributed by atoms with Crippen LogP contribution >= 0.6 is 22.6 Å². The van der Waals surface area contributed by atoms with Crippen molar-refractivity contribution in [1.82, 2.24) is 0 Å². The van der Waals surface area contributed by atoms with Crippen molar-refractivity contribution in [2.75, 3.05) is 11.9 Å². The monoisotopic (exact) mass is 407 g/mol. The van der Waals surface area contributed by atoms with Crippen LogP contribution in [0.25, 0.3) is 0 Å². The molecular formula is C18H18INO2. The second-order valence-corrected chi connectivity index (χ2v) is 6.73. The first-order chi connectivity index (χ1) is 10.7. The highest BCUT2D eigenvalue weighted by atomic mass is 127. The molecule has 0 unspecified atom stereocenters. The van der Waals surface area contributed by atoms with Crippen LogP contribution in [0.5, 0.6) is 5.75 Å². The summed E-state index contributed by atoms with van der Waals surface area (Å²) in [6, 6.07) is 13.9. The molecule has 0 aromatic heterocycles. The molecule has 2 aromatic carbocycles. The van der Waals surface area contributed by atoms with Crippen LogP contribution in [0.1, 0.15) is 24.0 Å². The van der Waals surface area contributed by atoms with E-state index in [2.05, 4.69) is 40.0 Å². The van der Waals surface area contributed by atoms with Gasteiger partial charge in [0.1, 0.15) is 5.75 Å². The molecule has 0 saturated carbocycles. The lowest BCUT2D eigenvalue weighted by Gasteiger charge is -2.16. The summed E-state index contributed by atoms with van der Waals surface area (Å²) in [7, 11) is 0. The van der Waals surface area contributed by atoms with Gasteiger partial charge in [-0.2, -0.15) is 0 Å². The Labute approximate surface area is 144 Å². The predicted molar refractivity (Wildman–Crippen MR) is 96.4 cm³/mol. The van der Waals surface area contributed by atoms with Crippen molar-refractivity contribution in [2.24, 2.45) is 0 Å². The van der Waals surface area contributed by atoms with E-state index in [1.807, 2.05) is 30.3 Å². The Hall–Kier alpha value is -1.56. The SMILES string of the molecule is O=C(COc1ccc2c(c1)CCCC2)Nc1ccc(I)cc1. The van der Waals surface area contributed by atoms with Gasteiger partial charge in [-0.05, 0) is 95.8 Å². The molecule has 22 heavy (non-hydrogen) atoms. The molecule has 1 amide bonds. The van der Waals surface area contributed by atoms with Crippen molar-refractivity contribution in [3.8, 4) is 5.75 Å². The molecule has 0 bridgehead atoms. The summed E-state index contributed by atoms with van der Waals surface area (Å²) < 4.78 is 6.76. The molecule has 4 heteroatoms. The third kappa shape index (κ3) is 4.00. The number of carbonyl (C=O) groups is 1. The number of aryl methyl sites for hydroxylation is 2. The Kier molecular flexibility index (Phi) is 4.97. The summed E-state index contributed by atoms with van der Waals surface area (Å²) in [4.78, 5) is 11.9. The molecule has 0 radical (unpaired) electrons. The first kappa shape index (κ1) is 15.3. The molecule has 2 aromatic rings. The zero-order valence-electron chi connectivity index (χ0n) is 12.3. The number of ether oxygens (including phenoxy) is 1. The van der Waals surface area contributed by atoms with Gasteiger partial charge in [0.25, 0.3) is 5.91 Å². The average Bonchev–Trinajstić information content (AvgIpc) is 2.55. The Morgan fingerprint density at radius 2 is 1.77 bits per heavy atom. The summed E-state index contributed by atoms with van der Waals surface area (Å²) in [5, 5.41) is 2.83. The average molecular weight is 407 g/mol. The number of carbonyl (C=O) groups excluding carboxylic acids is 1. The lowest BCUT2D eigenvalue weighted by Crippen LogP contribution is -2.20. The number of halogens is 1.